The molecule has 0 radical (unpaired) electrons. The summed E-state index contributed by atoms with van der Waals surface area (Å²) in [7, 11) is 0. The maximum absolute atomic E-state index is 14.3. The van der Waals surface area contributed by atoms with Crippen LogP contribution in [0.5, 0.6) is 5.75 Å². The average molecular weight is 487 g/mol. The van der Waals surface area contributed by atoms with Crippen LogP contribution < -0.4 is 9.64 Å². The maximum atomic E-state index is 14.3. The van der Waals surface area contributed by atoms with Crippen LogP contribution >= 0.6 is 11.3 Å². The Hall–Kier alpha value is -2.83. The van der Waals surface area contributed by atoms with Gasteiger partial charge in [0.05, 0.1) is 29.0 Å². The zero-order chi connectivity index (χ0) is 23.6. The minimum Gasteiger partial charge on any atom is -0.406 e. The van der Waals surface area contributed by atoms with E-state index in [0.717, 1.165) is 29.5 Å². The van der Waals surface area contributed by atoms with Crippen molar-refractivity contribution in [1.29, 1.82) is 0 Å². The van der Waals surface area contributed by atoms with E-state index in [1.165, 1.54) is 17.0 Å². The number of thiazole rings is 1. The summed E-state index contributed by atoms with van der Waals surface area (Å²) in [4.78, 5) is 20.9. The number of anilines is 1. The van der Waals surface area contributed by atoms with Crippen LogP contribution in [-0.2, 0) is 4.74 Å². The van der Waals surface area contributed by atoms with Crippen molar-refractivity contribution in [3.8, 4) is 5.75 Å². The van der Waals surface area contributed by atoms with Gasteiger partial charge < -0.3 is 9.47 Å². The highest BCUT2D eigenvalue weighted by Crippen LogP contribution is 2.34. The molecule has 0 unspecified atom stereocenters. The number of nitrogens with zero attached hydrogens (tertiary/aromatic N) is 3. The summed E-state index contributed by atoms with van der Waals surface area (Å²) >= 11 is 0.971. The summed E-state index contributed by atoms with van der Waals surface area (Å²) in [5.74, 6) is -2.98. The molecule has 0 N–H and O–H groups in total. The lowest BCUT2D eigenvalue weighted by atomic mass is 10.2. The molecule has 0 atom stereocenters. The van der Waals surface area contributed by atoms with Crippen LogP contribution in [0, 0.1) is 11.6 Å². The molecule has 6 nitrogen and oxygen atoms in total. The smallest absolute Gasteiger partial charge is 0.406 e. The number of fused-ring (bicyclic) bond motifs is 1. The van der Waals surface area contributed by atoms with Crippen molar-refractivity contribution in [3.63, 3.8) is 0 Å². The fourth-order valence-electron chi connectivity index (χ4n) is 3.36. The van der Waals surface area contributed by atoms with Crippen molar-refractivity contribution in [2.24, 2.45) is 0 Å². The maximum Gasteiger partial charge on any atom is 0.573 e. The van der Waals surface area contributed by atoms with Gasteiger partial charge >= 0.3 is 6.36 Å². The number of morpholine rings is 1. The second-order valence-corrected chi connectivity index (χ2v) is 8.22. The van der Waals surface area contributed by atoms with Gasteiger partial charge in [-0.05, 0) is 24.3 Å². The molecule has 2 aromatic carbocycles. The van der Waals surface area contributed by atoms with Gasteiger partial charge in [-0.25, -0.2) is 13.8 Å². The number of amides is 1. The molecule has 1 aromatic heterocycles. The Bertz CT molecular complexity index is 1150. The van der Waals surface area contributed by atoms with Crippen molar-refractivity contribution in [3.05, 3.63) is 53.6 Å². The highest BCUT2D eigenvalue weighted by molar-refractivity contribution is 7.22. The third-order valence-electron chi connectivity index (χ3n) is 4.96. The van der Waals surface area contributed by atoms with E-state index in [2.05, 4.69) is 14.6 Å². The zero-order valence-corrected chi connectivity index (χ0v) is 17.9. The number of halogens is 5. The van der Waals surface area contributed by atoms with E-state index < -0.39 is 29.7 Å². The normalized spacial score (nSPS) is 15.1. The van der Waals surface area contributed by atoms with Crippen LogP contribution in [0.1, 0.15) is 10.4 Å². The van der Waals surface area contributed by atoms with E-state index in [9.17, 15) is 26.7 Å². The molecule has 4 rings (SSSR count). The first-order valence-corrected chi connectivity index (χ1v) is 10.7. The lowest BCUT2D eigenvalue weighted by Gasteiger charge is -2.29. The minimum atomic E-state index is -4.85. The van der Waals surface area contributed by atoms with Gasteiger partial charge in [-0.2, -0.15) is 0 Å². The third kappa shape index (κ3) is 5.75. The highest BCUT2D eigenvalue weighted by Gasteiger charge is 2.31. The van der Waals surface area contributed by atoms with Gasteiger partial charge in [-0.1, -0.05) is 11.3 Å². The van der Waals surface area contributed by atoms with Crippen molar-refractivity contribution in [1.82, 2.24) is 9.88 Å². The molecule has 1 aliphatic heterocycles. The molecular weight excluding hydrogens is 469 g/mol. The summed E-state index contributed by atoms with van der Waals surface area (Å²) in [6.07, 6.45) is -4.85. The number of aromatic nitrogens is 1. The van der Waals surface area contributed by atoms with Gasteiger partial charge in [0.25, 0.3) is 5.91 Å². The Labute approximate surface area is 189 Å². The fourth-order valence-corrected chi connectivity index (χ4v) is 4.38. The number of ether oxygens (including phenoxy) is 2. The number of alkyl halides is 3. The first-order valence-electron chi connectivity index (χ1n) is 9.93. The Balaban J connectivity index is 1.65. The molecule has 1 saturated heterocycles. The molecule has 2 heterocycles. The molecule has 176 valence electrons. The summed E-state index contributed by atoms with van der Waals surface area (Å²) in [5, 5.41) is 0.177. The minimum absolute atomic E-state index is 0.140. The zero-order valence-electron chi connectivity index (χ0n) is 17.1. The molecule has 3 aromatic rings. The second-order valence-electron chi connectivity index (χ2n) is 7.21. The van der Waals surface area contributed by atoms with E-state index in [4.69, 9.17) is 4.74 Å². The van der Waals surface area contributed by atoms with Gasteiger partial charge in [0.2, 0.25) is 0 Å². The number of carbonyl (C=O) groups excluding carboxylic acids is 1. The standard InChI is InChI=1S/C21H18F5N3O3S/c22-13-1-3-15(16(23)11-13)19(30)29(6-5-28-7-9-31-10-8-28)20-27-17-4-2-14(12-18(17)33-20)32-21(24,25)26/h1-4,11-12H,5-10H2. The molecule has 33 heavy (non-hydrogen) atoms. The van der Waals surface area contributed by atoms with Crippen LogP contribution in [0.15, 0.2) is 36.4 Å². The molecule has 1 amide bonds. The van der Waals surface area contributed by atoms with E-state index in [1.54, 1.807) is 0 Å². The van der Waals surface area contributed by atoms with Gasteiger partial charge in [0, 0.05) is 38.3 Å². The van der Waals surface area contributed by atoms with Crippen molar-refractivity contribution in [2.45, 2.75) is 6.36 Å². The van der Waals surface area contributed by atoms with Crippen LogP contribution in [-0.4, -0.2) is 61.5 Å². The average Bonchev–Trinajstić information content (AvgIpc) is 3.16. The Kier molecular flexibility index (Phi) is 6.77. The topological polar surface area (TPSA) is 54.9 Å². The molecular formula is C21H18F5N3O3S. The van der Waals surface area contributed by atoms with Gasteiger partial charge in [-0.3, -0.25) is 14.6 Å². The molecule has 0 bridgehead atoms. The SMILES string of the molecule is O=C(c1ccc(F)cc1F)N(CCN1CCOCC1)c1nc2ccc(OC(F)(F)F)cc2s1. The van der Waals surface area contributed by atoms with E-state index in [-0.39, 0.29) is 17.2 Å². The number of carbonyl (C=O) groups is 1. The van der Waals surface area contributed by atoms with Crippen molar-refractivity contribution in [2.75, 3.05) is 44.3 Å². The lowest BCUT2D eigenvalue weighted by Crippen LogP contribution is -2.43. The van der Waals surface area contributed by atoms with Gasteiger partial charge in [0.15, 0.2) is 5.13 Å². The molecule has 1 aliphatic rings. The quantitative estimate of drug-likeness (QED) is 0.481. The second kappa shape index (κ2) is 9.57. The molecule has 0 spiro atoms. The highest BCUT2D eigenvalue weighted by atomic mass is 32.1. The molecule has 12 heteroatoms. The Morgan fingerprint density at radius 3 is 2.61 bits per heavy atom. The van der Waals surface area contributed by atoms with E-state index in [0.29, 0.717) is 49.1 Å². The largest absolute Gasteiger partial charge is 0.573 e. The Morgan fingerprint density at radius 1 is 1.15 bits per heavy atom. The monoisotopic (exact) mass is 487 g/mol. The first kappa shape index (κ1) is 23.3. The number of rotatable bonds is 6. The molecule has 1 fully saturated rings. The van der Waals surface area contributed by atoms with Crippen molar-refractivity contribution >= 4 is 32.6 Å². The van der Waals surface area contributed by atoms with Crippen LogP contribution in [0.4, 0.5) is 27.1 Å². The van der Waals surface area contributed by atoms with E-state index in [1.807, 2.05) is 0 Å². The summed E-state index contributed by atoms with van der Waals surface area (Å²) in [6, 6.07) is 6.30. The predicted molar refractivity (Wildman–Crippen MR) is 112 cm³/mol. The number of hydrogen-bond donors (Lipinski definition) is 0. The fraction of sp³-hybridized carbons (Fsp3) is 0.333. The summed E-state index contributed by atoms with van der Waals surface area (Å²) < 4.78 is 74.9. The molecule has 0 saturated carbocycles. The van der Waals surface area contributed by atoms with Crippen LogP contribution in [0.3, 0.4) is 0 Å². The number of hydrogen-bond acceptors (Lipinski definition) is 6. The lowest BCUT2D eigenvalue weighted by molar-refractivity contribution is -0.274. The first-order chi connectivity index (χ1) is 15.7. The van der Waals surface area contributed by atoms with Gasteiger partial charge in [0.1, 0.15) is 17.4 Å². The molecule has 0 aliphatic carbocycles. The van der Waals surface area contributed by atoms with E-state index >= 15 is 0 Å². The van der Waals surface area contributed by atoms with Gasteiger partial charge in [-0.15, -0.1) is 13.2 Å². The van der Waals surface area contributed by atoms with Crippen molar-refractivity contribution < 1.29 is 36.2 Å². The van der Waals surface area contributed by atoms with Crippen LogP contribution in [0.2, 0.25) is 0 Å². The van der Waals surface area contributed by atoms with Crippen LogP contribution in [0.25, 0.3) is 10.2 Å². The summed E-state index contributed by atoms with van der Waals surface area (Å²) in [5.41, 5.74) is 0.0204. The Morgan fingerprint density at radius 2 is 1.91 bits per heavy atom. The third-order valence-corrected chi connectivity index (χ3v) is 6.00. The predicted octanol–water partition coefficient (Wildman–Crippen LogP) is 4.45. The number of benzene rings is 2. The summed E-state index contributed by atoms with van der Waals surface area (Å²) in [6.45, 7) is 2.99.